The van der Waals surface area contributed by atoms with Gasteiger partial charge < -0.3 is 4.74 Å². The van der Waals surface area contributed by atoms with E-state index in [0.717, 1.165) is 28.4 Å². The summed E-state index contributed by atoms with van der Waals surface area (Å²) in [7, 11) is -0.530. The highest BCUT2D eigenvalue weighted by Crippen LogP contribution is 2.40. The van der Waals surface area contributed by atoms with Crippen LogP contribution in [0.2, 0.25) is 13.1 Å². The van der Waals surface area contributed by atoms with Crippen LogP contribution in [-0.4, -0.2) is 37.0 Å². The molecule has 3 nitrogen and oxygen atoms in total. The predicted molar refractivity (Wildman–Crippen MR) is 114 cm³/mol. The Morgan fingerprint density at radius 2 is 2.20 bits per heavy atom. The molecule has 0 aromatic carbocycles. The van der Waals surface area contributed by atoms with Gasteiger partial charge in [-0.05, 0) is 31.6 Å². The molecule has 6 heteroatoms. The number of pyridine rings is 1. The Labute approximate surface area is 162 Å². The van der Waals surface area contributed by atoms with Gasteiger partial charge in [-0.2, -0.15) is 0 Å². The number of carbonyl (C=O) groups excluding carboxylic acids is 1. The number of carbonyl (C=O) groups is 1. The summed E-state index contributed by atoms with van der Waals surface area (Å²) >= 11 is 3.55. The number of ether oxygens (including phenoxy) is 1. The van der Waals surface area contributed by atoms with Gasteiger partial charge in [-0.25, -0.2) is 4.79 Å². The lowest BCUT2D eigenvalue weighted by molar-refractivity contribution is -0.136. The molecule has 0 aliphatic carbocycles. The molecular formula is C19H28NO2S2Si. The van der Waals surface area contributed by atoms with Gasteiger partial charge in [0.05, 0.1) is 25.2 Å². The third kappa shape index (κ3) is 7.42. The van der Waals surface area contributed by atoms with Gasteiger partial charge in [-0.15, -0.1) is 30.1 Å². The van der Waals surface area contributed by atoms with Gasteiger partial charge in [0.15, 0.2) is 0 Å². The van der Waals surface area contributed by atoms with Gasteiger partial charge in [0.1, 0.15) is 0 Å². The summed E-state index contributed by atoms with van der Waals surface area (Å²) in [6.45, 7) is 12.9. The van der Waals surface area contributed by atoms with E-state index in [1.165, 1.54) is 0 Å². The summed E-state index contributed by atoms with van der Waals surface area (Å²) in [5.41, 5.74) is 1.47. The van der Waals surface area contributed by atoms with Gasteiger partial charge in [0, 0.05) is 22.8 Å². The highest BCUT2D eigenvalue weighted by Gasteiger charge is 2.24. The standard InChI is InChI=1S/C19H28NO2S2Si/c1-6-10-16(25(4)5)24-19(23-13-7-2)17(18(21)22-8-3)15-11-9-12-20-14-15/h6,9,11-12,14,16H,1,7-8,10,13H2,2-5H3/b19-17-. The second-order valence-corrected chi connectivity index (χ2v) is 11.5. The summed E-state index contributed by atoms with van der Waals surface area (Å²) in [6.07, 6.45) is 7.44. The first-order valence-electron chi connectivity index (χ1n) is 8.57. The highest BCUT2D eigenvalue weighted by atomic mass is 32.2. The molecule has 0 saturated carbocycles. The Morgan fingerprint density at radius 1 is 1.44 bits per heavy atom. The summed E-state index contributed by atoms with van der Waals surface area (Å²) in [5, 5.41) is 0. The topological polar surface area (TPSA) is 39.2 Å². The quantitative estimate of drug-likeness (QED) is 0.217. The first-order chi connectivity index (χ1) is 12.0. The van der Waals surface area contributed by atoms with Crippen molar-refractivity contribution in [1.82, 2.24) is 4.98 Å². The second-order valence-electron chi connectivity index (χ2n) is 5.68. The maximum atomic E-state index is 12.7. The van der Waals surface area contributed by atoms with Crippen LogP contribution < -0.4 is 0 Å². The predicted octanol–water partition coefficient (Wildman–Crippen LogP) is 5.43. The van der Waals surface area contributed by atoms with Crippen molar-refractivity contribution in [3.63, 3.8) is 0 Å². The molecule has 1 atom stereocenters. The maximum absolute atomic E-state index is 12.7. The molecule has 1 unspecified atom stereocenters. The third-order valence-corrected chi connectivity index (χ3v) is 9.25. The van der Waals surface area contributed by atoms with Crippen LogP contribution in [0.4, 0.5) is 0 Å². The average Bonchev–Trinajstić information content (AvgIpc) is 2.60. The number of rotatable bonds is 11. The summed E-state index contributed by atoms with van der Waals surface area (Å²) in [5.74, 6) is 0.710. The lowest BCUT2D eigenvalue weighted by Gasteiger charge is -2.21. The maximum Gasteiger partial charge on any atom is 0.340 e. The fraction of sp³-hybridized carbons (Fsp3) is 0.474. The Kier molecular flexibility index (Phi) is 10.9. The van der Waals surface area contributed by atoms with E-state index in [4.69, 9.17) is 4.74 Å². The zero-order chi connectivity index (χ0) is 18.7. The summed E-state index contributed by atoms with van der Waals surface area (Å²) in [4.78, 5) is 17.4. The molecule has 1 aromatic rings. The normalized spacial score (nSPS) is 13.3. The van der Waals surface area contributed by atoms with Crippen LogP contribution in [0.15, 0.2) is 41.4 Å². The minimum absolute atomic E-state index is 0.264. The lowest BCUT2D eigenvalue weighted by atomic mass is 10.1. The first-order valence-corrected chi connectivity index (χ1v) is 13.0. The van der Waals surface area contributed by atoms with Gasteiger partial charge in [0.25, 0.3) is 0 Å². The molecule has 0 bridgehead atoms. The van der Waals surface area contributed by atoms with Crippen molar-refractivity contribution in [1.29, 1.82) is 0 Å². The van der Waals surface area contributed by atoms with Crippen LogP contribution in [-0.2, 0) is 9.53 Å². The first kappa shape index (κ1) is 22.1. The Hall–Kier alpha value is -0.983. The molecule has 0 amide bonds. The average molecular weight is 395 g/mol. The van der Waals surface area contributed by atoms with E-state index >= 15 is 0 Å². The van der Waals surface area contributed by atoms with Crippen molar-refractivity contribution < 1.29 is 9.53 Å². The van der Waals surface area contributed by atoms with Gasteiger partial charge in [0.2, 0.25) is 0 Å². The molecule has 25 heavy (non-hydrogen) atoms. The molecule has 0 fully saturated rings. The van der Waals surface area contributed by atoms with Gasteiger partial charge in [-0.1, -0.05) is 32.2 Å². The molecule has 0 N–H and O–H groups in total. The zero-order valence-electron chi connectivity index (χ0n) is 15.6. The van der Waals surface area contributed by atoms with E-state index < -0.39 is 8.80 Å². The van der Waals surface area contributed by atoms with Crippen molar-refractivity contribution in [2.75, 3.05) is 12.4 Å². The zero-order valence-corrected chi connectivity index (χ0v) is 18.2. The molecule has 1 rings (SSSR count). The molecule has 0 aliphatic heterocycles. The smallest absolute Gasteiger partial charge is 0.340 e. The SMILES string of the molecule is C=CCC(S/C(SCCC)=C(\C(=O)OCC)c1cccnc1)[Si](C)C. The van der Waals surface area contributed by atoms with E-state index in [1.807, 2.05) is 36.9 Å². The van der Waals surface area contributed by atoms with Crippen molar-refractivity contribution in [2.45, 2.75) is 44.7 Å². The van der Waals surface area contributed by atoms with E-state index in [9.17, 15) is 4.79 Å². The van der Waals surface area contributed by atoms with Crippen molar-refractivity contribution >= 4 is 43.9 Å². The number of thioether (sulfide) groups is 2. The number of esters is 1. The van der Waals surface area contributed by atoms with Crippen molar-refractivity contribution in [3.8, 4) is 0 Å². The number of allylic oxidation sites excluding steroid dienone is 1. The molecular weight excluding hydrogens is 366 g/mol. The molecule has 1 heterocycles. The molecule has 137 valence electrons. The fourth-order valence-electron chi connectivity index (χ4n) is 2.08. The summed E-state index contributed by atoms with van der Waals surface area (Å²) < 4.78 is 6.41. The number of aromatic nitrogens is 1. The Bertz CT molecular complexity index is 576. The van der Waals surface area contributed by atoms with Crippen LogP contribution in [0.1, 0.15) is 32.3 Å². The molecule has 1 radical (unpaired) electrons. The molecule has 1 aromatic heterocycles. The number of hydrogen-bond donors (Lipinski definition) is 0. The number of nitrogens with zero attached hydrogens (tertiary/aromatic N) is 1. The van der Waals surface area contributed by atoms with Crippen LogP contribution in [0.5, 0.6) is 0 Å². The second kappa shape index (κ2) is 12.4. The minimum atomic E-state index is -0.530. The van der Waals surface area contributed by atoms with Crippen LogP contribution in [0, 0.1) is 0 Å². The Morgan fingerprint density at radius 3 is 2.72 bits per heavy atom. The molecule has 0 saturated heterocycles. The third-order valence-electron chi connectivity index (χ3n) is 3.35. The van der Waals surface area contributed by atoms with E-state index in [2.05, 4.69) is 31.6 Å². The van der Waals surface area contributed by atoms with E-state index in [-0.39, 0.29) is 5.97 Å². The Balaban J connectivity index is 3.35. The number of hydrogen-bond acceptors (Lipinski definition) is 5. The summed E-state index contributed by atoms with van der Waals surface area (Å²) in [6, 6.07) is 3.79. The highest BCUT2D eigenvalue weighted by molar-refractivity contribution is 8.23. The largest absolute Gasteiger partial charge is 0.462 e. The van der Waals surface area contributed by atoms with Crippen molar-refractivity contribution in [2.24, 2.45) is 0 Å². The van der Waals surface area contributed by atoms with E-state index in [0.29, 0.717) is 17.1 Å². The van der Waals surface area contributed by atoms with Gasteiger partial charge >= 0.3 is 5.97 Å². The van der Waals surface area contributed by atoms with Crippen LogP contribution in [0.25, 0.3) is 5.57 Å². The van der Waals surface area contributed by atoms with Crippen LogP contribution >= 0.6 is 23.5 Å². The van der Waals surface area contributed by atoms with Crippen LogP contribution in [0.3, 0.4) is 0 Å². The molecule has 0 aliphatic rings. The minimum Gasteiger partial charge on any atom is -0.462 e. The fourth-order valence-corrected chi connectivity index (χ4v) is 6.68. The molecule has 0 spiro atoms. The van der Waals surface area contributed by atoms with Crippen molar-refractivity contribution in [3.05, 3.63) is 47.0 Å². The van der Waals surface area contributed by atoms with Gasteiger partial charge in [-0.3, -0.25) is 4.98 Å². The van der Waals surface area contributed by atoms with E-state index in [1.54, 1.807) is 24.2 Å². The monoisotopic (exact) mass is 394 g/mol. The lowest BCUT2D eigenvalue weighted by Crippen LogP contribution is -2.21.